The van der Waals surface area contributed by atoms with Crippen LogP contribution in [0.3, 0.4) is 0 Å². The topological polar surface area (TPSA) is 39.2 Å². The average Bonchev–Trinajstić information content (AvgIpc) is 2.85. The summed E-state index contributed by atoms with van der Waals surface area (Å²) in [7, 11) is 0. The number of rotatable bonds is 5. The fraction of sp³-hybridized carbons (Fsp3) is 0.286. The second-order valence-electron chi connectivity index (χ2n) is 4.07. The van der Waals surface area contributed by atoms with E-state index in [2.05, 4.69) is 4.98 Å². The van der Waals surface area contributed by atoms with Crippen LogP contribution >= 0.6 is 22.9 Å². The SMILES string of the molecule is CCOC(=O)CCc1csc(-c2ccc(F)cc2Cl)n1. The number of esters is 1. The molecular weight excluding hydrogens is 301 g/mol. The van der Waals surface area contributed by atoms with E-state index in [4.69, 9.17) is 16.3 Å². The molecule has 1 heterocycles. The zero-order valence-electron chi connectivity index (χ0n) is 10.9. The van der Waals surface area contributed by atoms with Gasteiger partial charge in [-0.3, -0.25) is 4.79 Å². The molecule has 0 saturated carbocycles. The number of hydrogen-bond donors (Lipinski definition) is 0. The second-order valence-corrected chi connectivity index (χ2v) is 5.34. The van der Waals surface area contributed by atoms with E-state index in [0.29, 0.717) is 35.0 Å². The zero-order valence-corrected chi connectivity index (χ0v) is 12.4. The number of thiazole rings is 1. The first-order chi connectivity index (χ1) is 9.60. The molecule has 0 aliphatic rings. The van der Waals surface area contributed by atoms with Gasteiger partial charge in [0.1, 0.15) is 10.8 Å². The number of carbonyl (C=O) groups is 1. The van der Waals surface area contributed by atoms with E-state index in [1.165, 1.54) is 23.5 Å². The Morgan fingerprint density at radius 2 is 2.30 bits per heavy atom. The van der Waals surface area contributed by atoms with Crippen LogP contribution in [-0.2, 0) is 16.0 Å². The van der Waals surface area contributed by atoms with Crippen molar-refractivity contribution in [3.63, 3.8) is 0 Å². The lowest BCUT2D eigenvalue weighted by Gasteiger charge is -2.00. The number of halogens is 2. The lowest BCUT2D eigenvalue weighted by molar-refractivity contribution is -0.143. The highest BCUT2D eigenvalue weighted by atomic mass is 35.5. The van der Waals surface area contributed by atoms with Gasteiger partial charge in [0.05, 0.1) is 23.7 Å². The van der Waals surface area contributed by atoms with Crippen molar-refractivity contribution in [2.45, 2.75) is 19.8 Å². The van der Waals surface area contributed by atoms with Crippen molar-refractivity contribution in [2.24, 2.45) is 0 Å². The number of benzene rings is 1. The quantitative estimate of drug-likeness (QED) is 0.780. The van der Waals surface area contributed by atoms with Gasteiger partial charge in [-0.1, -0.05) is 11.6 Å². The minimum absolute atomic E-state index is 0.234. The molecule has 3 nitrogen and oxygen atoms in total. The highest BCUT2D eigenvalue weighted by Gasteiger charge is 2.11. The van der Waals surface area contributed by atoms with Crippen LogP contribution in [0.1, 0.15) is 19.0 Å². The Labute approximate surface area is 125 Å². The summed E-state index contributed by atoms with van der Waals surface area (Å²) in [6.45, 7) is 2.15. The van der Waals surface area contributed by atoms with Gasteiger partial charge in [-0.25, -0.2) is 9.37 Å². The zero-order chi connectivity index (χ0) is 14.5. The number of nitrogens with zero attached hydrogens (tertiary/aromatic N) is 1. The number of ether oxygens (including phenoxy) is 1. The Morgan fingerprint density at radius 1 is 1.50 bits per heavy atom. The van der Waals surface area contributed by atoms with Crippen molar-refractivity contribution in [2.75, 3.05) is 6.61 Å². The lowest BCUT2D eigenvalue weighted by atomic mass is 10.2. The first-order valence-corrected chi connectivity index (χ1v) is 7.41. The molecule has 0 bridgehead atoms. The van der Waals surface area contributed by atoms with Crippen molar-refractivity contribution < 1.29 is 13.9 Å². The molecule has 0 aliphatic heterocycles. The summed E-state index contributed by atoms with van der Waals surface area (Å²) in [6, 6.07) is 4.21. The van der Waals surface area contributed by atoms with Crippen LogP contribution < -0.4 is 0 Å². The van der Waals surface area contributed by atoms with Crippen LogP contribution in [-0.4, -0.2) is 17.6 Å². The molecule has 106 valence electrons. The van der Waals surface area contributed by atoms with E-state index in [9.17, 15) is 9.18 Å². The van der Waals surface area contributed by atoms with Gasteiger partial charge >= 0.3 is 5.97 Å². The largest absolute Gasteiger partial charge is 0.466 e. The molecule has 0 saturated heterocycles. The highest BCUT2D eigenvalue weighted by molar-refractivity contribution is 7.13. The van der Waals surface area contributed by atoms with Crippen LogP contribution in [0, 0.1) is 5.82 Å². The second kappa shape index (κ2) is 6.81. The van der Waals surface area contributed by atoms with Gasteiger partial charge in [-0.05, 0) is 25.1 Å². The lowest BCUT2D eigenvalue weighted by Crippen LogP contribution is -2.05. The molecule has 20 heavy (non-hydrogen) atoms. The van der Waals surface area contributed by atoms with Crippen molar-refractivity contribution >= 4 is 28.9 Å². The summed E-state index contributed by atoms with van der Waals surface area (Å²) < 4.78 is 17.9. The molecule has 0 fully saturated rings. The van der Waals surface area contributed by atoms with Gasteiger partial charge in [0, 0.05) is 17.4 Å². The summed E-state index contributed by atoms with van der Waals surface area (Å²) in [5.74, 6) is -0.611. The predicted octanol–water partition coefficient (Wildman–Crippen LogP) is 4.10. The van der Waals surface area contributed by atoms with Gasteiger partial charge in [0.15, 0.2) is 0 Å². The van der Waals surface area contributed by atoms with Gasteiger partial charge < -0.3 is 4.74 Å². The normalized spacial score (nSPS) is 10.6. The molecule has 1 aromatic heterocycles. The maximum Gasteiger partial charge on any atom is 0.306 e. The summed E-state index contributed by atoms with van der Waals surface area (Å²) in [5.41, 5.74) is 1.50. The fourth-order valence-electron chi connectivity index (χ4n) is 1.67. The summed E-state index contributed by atoms with van der Waals surface area (Å²) >= 11 is 7.41. The number of carbonyl (C=O) groups excluding carboxylic acids is 1. The third-order valence-electron chi connectivity index (χ3n) is 2.60. The van der Waals surface area contributed by atoms with E-state index in [1.54, 1.807) is 13.0 Å². The van der Waals surface area contributed by atoms with E-state index >= 15 is 0 Å². The van der Waals surface area contributed by atoms with Crippen LogP contribution in [0.4, 0.5) is 4.39 Å². The van der Waals surface area contributed by atoms with Crippen LogP contribution in [0.2, 0.25) is 5.02 Å². The molecule has 0 radical (unpaired) electrons. The molecular formula is C14H13ClFNO2S. The average molecular weight is 314 g/mol. The van der Waals surface area contributed by atoms with E-state index in [1.807, 2.05) is 5.38 Å². The van der Waals surface area contributed by atoms with E-state index in [-0.39, 0.29) is 11.8 Å². The highest BCUT2D eigenvalue weighted by Crippen LogP contribution is 2.31. The molecule has 0 unspecified atom stereocenters. The standard InChI is InChI=1S/C14H13ClFNO2S/c1-2-19-13(18)6-4-10-8-20-14(17-10)11-5-3-9(16)7-12(11)15/h3,5,7-8H,2,4,6H2,1H3. The van der Waals surface area contributed by atoms with Gasteiger partial charge in [-0.15, -0.1) is 11.3 Å². The van der Waals surface area contributed by atoms with Crippen molar-refractivity contribution in [3.8, 4) is 10.6 Å². The Morgan fingerprint density at radius 3 is 3.00 bits per heavy atom. The number of aryl methyl sites for hydroxylation is 1. The summed E-state index contributed by atoms with van der Waals surface area (Å²) in [5, 5.41) is 2.92. The maximum absolute atomic E-state index is 13.0. The Bertz CT molecular complexity index is 615. The fourth-order valence-corrected chi connectivity index (χ4v) is 2.88. The Kier molecular flexibility index (Phi) is 5.09. The van der Waals surface area contributed by atoms with Crippen LogP contribution in [0.15, 0.2) is 23.6 Å². The molecule has 0 spiro atoms. The smallest absolute Gasteiger partial charge is 0.306 e. The Balaban J connectivity index is 2.07. The molecule has 0 atom stereocenters. The van der Waals surface area contributed by atoms with Crippen molar-refractivity contribution in [1.29, 1.82) is 0 Å². The van der Waals surface area contributed by atoms with Gasteiger partial charge in [-0.2, -0.15) is 0 Å². The first kappa shape index (κ1) is 14.9. The first-order valence-electron chi connectivity index (χ1n) is 6.15. The molecule has 1 aromatic carbocycles. The van der Waals surface area contributed by atoms with Crippen LogP contribution in [0.25, 0.3) is 10.6 Å². The van der Waals surface area contributed by atoms with Gasteiger partial charge in [0.25, 0.3) is 0 Å². The van der Waals surface area contributed by atoms with E-state index in [0.717, 1.165) is 5.69 Å². The minimum Gasteiger partial charge on any atom is -0.466 e. The number of aromatic nitrogens is 1. The molecule has 6 heteroatoms. The predicted molar refractivity (Wildman–Crippen MR) is 77.5 cm³/mol. The van der Waals surface area contributed by atoms with Crippen molar-refractivity contribution in [1.82, 2.24) is 4.98 Å². The maximum atomic E-state index is 13.0. The van der Waals surface area contributed by atoms with E-state index < -0.39 is 0 Å². The molecule has 2 aromatic rings. The minimum atomic E-state index is -0.377. The third kappa shape index (κ3) is 3.77. The number of hydrogen-bond acceptors (Lipinski definition) is 4. The molecule has 0 amide bonds. The summed E-state index contributed by atoms with van der Waals surface area (Å²) in [4.78, 5) is 15.7. The molecule has 0 N–H and O–H groups in total. The summed E-state index contributed by atoms with van der Waals surface area (Å²) in [6.07, 6.45) is 0.822. The van der Waals surface area contributed by atoms with Gasteiger partial charge in [0.2, 0.25) is 0 Å². The molecule has 2 rings (SSSR count). The van der Waals surface area contributed by atoms with Crippen molar-refractivity contribution in [3.05, 3.63) is 40.1 Å². The monoisotopic (exact) mass is 313 g/mol. The Hall–Kier alpha value is -1.46. The molecule has 0 aliphatic carbocycles. The third-order valence-corrected chi connectivity index (χ3v) is 3.84. The van der Waals surface area contributed by atoms with Crippen LogP contribution in [0.5, 0.6) is 0 Å².